The average molecular weight is 288 g/mol. The lowest BCUT2D eigenvalue weighted by Crippen LogP contribution is -2.35. The van der Waals surface area contributed by atoms with Gasteiger partial charge in [-0.25, -0.2) is 4.79 Å². The highest BCUT2D eigenvalue weighted by molar-refractivity contribution is 6.35. The highest BCUT2D eigenvalue weighted by atomic mass is 35.5. The zero-order chi connectivity index (χ0) is 13.0. The molecule has 1 aromatic rings. The standard InChI is InChI=1S/C12H15Cl2N3O/c13-8-5-9(14)7-11(6-8)17-12(18)16-4-3-15-10-1-2-10/h5-7,10,15H,1-4H2,(H2,16,17,18). The number of rotatable bonds is 5. The van der Waals surface area contributed by atoms with Crippen molar-refractivity contribution in [2.24, 2.45) is 0 Å². The Morgan fingerprint density at radius 3 is 2.44 bits per heavy atom. The van der Waals surface area contributed by atoms with E-state index in [1.165, 1.54) is 12.8 Å². The van der Waals surface area contributed by atoms with Gasteiger partial charge in [-0.2, -0.15) is 0 Å². The summed E-state index contributed by atoms with van der Waals surface area (Å²) in [6.07, 6.45) is 2.49. The van der Waals surface area contributed by atoms with E-state index in [-0.39, 0.29) is 6.03 Å². The van der Waals surface area contributed by atoms with Crippen LogP contribution in [0.4, 0.5) is 10.5 Å². The molecule has 1 aliphatic rings. The van der Waals surface area contributed by atoms with Crippen LogP contribution in [0.3, 0.4) is 0 Å². The summed E-state index contributed by atoms with van der Waals surface area (Å²) in [6, 6.07) is 5.31. The van der Waals surface area contributed by atoms with Gasteiger partial charge in [0.25, 0.3) is 0 Å². The minimum atomic E-state index is -0.258. The monoisotopic (exact) mass is 287 g/mol. The first-order valence-corrected chi connectivity index (χ1v) is 6.63. The van der Waals surface area contributed by atoms with Gasteiger partial charge in [-0.05, 0) is 31.0 Å². The van der Waals surface area contributed by atoms with Gasteiger partial charge in [-0.15, -0.1) is 0 Å². The van der Waals surface area contributed by atoms with Crippen LogP contribution in [0.25, 0.3) is 0 Å². The maximum Gasteiger partial charge on any atom is 0.319 e. The molecule has 0 bridgehead atoms. The Bertz CT molecular complexity index is 415. The molecule has 0 saturated heterocycles. The Morgan fingerprint density at radius 2 is 1.83 bits per heavy atom. The molecule has 0 radical (unpaired) electrons. The van der Waals surface area contributed by atoms with Crippen molar-refractivity contribution in [3.8, 4) is 0 Å². The smallest absolute Gasteiger partial charge is 0.319 e. The summed E-state index contributed by atoms with van der Waals surface area (Å²) in [5.74, 6) is 0. The Morgan fingerprint density at radius 1 is 1.17 bits per heavy atom. The van der Waals surface area contributed by atoms with Crippen molar-refractivity contribution in [1.82, 2.24) is 10.6 Å². The van der Waals surface area contributed by atoms with Crippen molar-refractivity contribution < 1.29 is 4.79 Å². The molecule has 1 saturated carbocycles. The number of carbonyl (C=O) groups is 1. The number of amides is 2. The highest BCUT2D eigenvalue weighted by Gasteiger charge is 2.19. The third-order valence-electron chi connectivity index (χ3n) is 2.54. The van der Waals surface area contributed by atoms with Gasteiger partial charge in [-0.3, -0.25) is 0 Å². The topological polar surface area (TPSA) is 53.2 Å². The lowest BCUT2D eigenvalue weighted by Gasteiger charge is -2.08. The van der Waals surface area contributed by atoms with E-state index in [4.69, 9.17) is 23.2 Å². The third-order valence-corrected chi connectivity index (χ3v) is 2.98. The van der Waals surface area contributed by atoms with Crippen molar-refractivity contribution in [1.29, 1.82) is 0 Å². The molecule has 1 aromatic carbocycles. The molecule has 98 valence electrons. The van der Waals surface area contributed by atoms with Crippen molar-refractivity contribution in [3.63, 3.8) is 0 Å². The summed E-state index contributed by atoms with van der Waals surface area (Å²) in [4.78, 5) is 11.6. The van der Waals surface area contributed by atoms with Crippen LogP contribution in [0.2, 0.25) is 10.0 Å². The zero-order valence-electron chi connectivity index (χ0n) is 9.80. The van der Waals surface area contributed by atoms with Gasteiger partial charge in [0.2, 0.25) is 0 Å². The predicted molar refractivity (Wildman–Crippen MR) is 74.5 cm³/mol. The molecular weight excluding hydrogens is 273 g/mol. The number of benzene rings is 1. The van der Waals surface area contributed by atoms with Crippen LogP contribution < -0.4 is 16.0 Å². The van der Waals surface area contributed by atoms with Gasteiger partial charge in [0, 0.05) is 34.9 Å². The molecule has 0 heterocycles. The third kappa shape index (κ3) is 4.72. The second kappa shape index (κ2) is 6.27. The van der Waals surface area contributed by atoms with E-state index in [9.17, 15) is 4.79 Å². The van der Waals surface area contributed by atoms with Gasteiger partial charge in [0.05, 0.1) is 0 Å². The van der Waals surface area contributed by atoms with Gasteiger partial charge < -0.3 is 16.0 Å². The molecule has 0 aromatic heterocycles. The van der Waals surface area contributed by atoms with Gasteiger partial charge >= 0.3 is 6.03 Å². The van der Waals surface area contributed by atoms with Crippen molar-refractivity contribution >= 4 is 34.9 Å². The van der Waals surface area contributed by atoms with E-state index in [0.717, 1.165) is 6.54 Å². The van der Waals surface area contributed by atoms with Crippen molar-refractivity contribution in [2.75, 3.05) is 18.4 Å². The number of urea groups is 1. The van der Waals surface area contributed by atoms with E-state index in [0.29, 0.717) is 28.3 Å². The van der Waals surface area contributed by atoms with E-state index in [1.807, 2.05) is 0 Å². The highest BCUT2D eigenvalue weighted by Crippen LogP contribution is 2.22. The average Bonchev–Trinajstić information content (AvgIpc) is 3.06. The van der Waals surface area contributed by atoms with E-state index in [1.54, 1.807) is 18.2 Å². The minimum Gasteiger partial charge on any atom is -0.337 e. The fourth-order valence-electron chi connectivity index (χ4n) is 1.54. The quantitative estimate of drug-likeness (QED) is 0.730. The fraction of sp³-hybridized carbons (Fsp3) is 0.417. The molecular formula is C12H15Cl2N3O. The lowest BCUT2D eigenvalue weighted by molar-refractivity contribution is 0.252. The Kier molecular flexibility index (Phi) is 4.69. The second-order valence-electron chi connectivity index (χ2n) is 4.27. The summed E-state index contributed by atoms with van der Waals surface area (Å²) in [5, 5.41) is 9.73. The molecule has 2 amide bonds. The molecule has 0 unspecified atom stereocenters. The number of nitrogens with one attached hydrogen (secondary N) is 3. The maximum atomic E-state index is 11.6. The van der Waals surface area contributed by atoms with Crippen molar-refractivity contribution in [3.05, 3.63) is 28.2 Å². The number of hydrogen-bond donors (Lipinski definition) is 3. The summed E-state index contributed by atoms with van der Waals surface area (Å²) < 4.78 is 0. The second-order valence-corrected chi connectivity index (χ2v) is 5.14. The normalized spacial score (nSPS) is 14.3. The van der Waals surface area contributed by atoms with E-state index in [2.05, 4.69) is 16.0 Å². The molecule has 3 N–H and O–H groups in total. The van der Waals surface area contributed by atoms with Crippen LogP contribution in [-0.4, -0.2) is 25.2 Å². The van der Waals surface area contributed by atoms with E-state index < -0.39 is 0 Å². The van der Waals surface area contributed by atoms with Crippen LogP contribution >= 0.6 is 23.2 Å². The molecule has 6 heteroatoms. The Balaban J connectivity index is 1.71. The number of halogens is 2. The summed E-state index contributed by atoms with van der Waals surface area (Å²) in [7, 11) is 0. The molecule has 0 atom stereocenters. The number of hydrogen-bond acceptors (Lipinski definition) is 2. The zero-order valence-corrected chi connectivity index (χ0v) is 11.3. The van der Waals surface area contributed by atoms with Crippen LogP contribution in [0.15, 0.2) is 18.2 Å². The number of carbonyl (C=O) groups excluding carboxylic acids is 1. The van der Waals surface area contributed by atoms with Gasteiger partial charge in [0.15, 0.2) is 0 Å². The van der Waals surface area contributed by atoms with Crippen molar-refractivity contribution in [2.45, 2.75) is 18.9 Å². The van der Waals surface area contributed by atoms with Crippen LogP contribution in [0.5, 0.6) is 0 Å². The van der Waals surface area contributed by atoms with Gasteiger partial charge in [-0.1, -0.05) is 23.2 Å². The fourth-order valence-corrected chi connectivity index (χ4v) is 2.07. The molecule has 2 rings (SSSR count). The molecule has 0 spiro atoms. The van der Waals surface area contributed by atoms with E-state index >= 15 is 0 Å². The Labute approximate surface area is 116 Å². The minimum absolute atomic E-state index is 0.258. The molecule has 18 heavy (non-hydrogen) atoms. The summed E-state index contributed by atoms with van der Waals surface area (Å²) in [5.41, 5.74) is 0.583. The molecule has 1 fully saturated rings. The van der Waals surface area contributed by atoms with Crippen LogP contribution in [-0.2, 0) is 0 Å². The predicted octanol–water partition coefficient (Wildman–Crippen LogP) is 2.87. The van der Waals surface area contributed by atoms with Crippen LogP contribution in [0, 0.1) is 0 Å². The lowest BCUT2D eigenvalue weighted by atomic mass is 10.3. The first-order chi connectivity index (χ1) is 8.63. The first kappa shape index (κ1) is 13.5. The maximum absolute atomic E-state index is 11.6. The molecule has 0 aliphatic heterocycles. The van der Waals surface area contributed by atoms with Gasteiger partial charge in [0.1, 0.15) is 0 Å². The van der Waals surface area contributed by atoms with Crippen LogP contribution in [0.1, 0.15) is 12.8 Å². The Hall–Kier alpha value is -0.970. The first-order valence-electron chi connectivity index (χ1n) is 5.88. The summed E-state index contributed by atoms with van der Waals surface area (Å²) in [6.45, 7) is 1.38. The molecule has 4 nitrogen and oxygen atoms in total. The largest absolute Gasteiger partial charge is 0.337 e. The number of anilines is 1. The molecule has 1 aliphatic carbocycles. The SMILES string of the molecule is O=C(NCCNC1CC1)Nc1cc(Cl)cc(Cl)c1. The summed E-state index contributed by atoms with van der Waals surface area (Å²) >= 11 is 11.7.